The molecule has 4 unspecified atom stereocenters. The summed E-state index contributed by atoms with van der Waals surface area (Å²) in [7, 11) is 0. The number of aliphatic hydroxyl groups is 1. The molecule has 0 aromatic carbocycles. The standard InChI is InChI=1S/C19H26F2N8O2/c20-19(21)5-3-11(4-6-19)23-16-26-14-9(7-12-13-15(31-13)27-18(30)25-12)8-22-29(14)17(28-16)24-10-1-2-10/h7-11,13-15,18,25,27,30H,1-6H2,(H2,23,24,26,28)/b12-7-/t9?,13?,14?,15-,18?/m0/s1. The topological polar surface area (TPSA) is 121 Å². The van der Waals surface area contributed by atoms with Crippen LogP contribution >= 0.6 is 0 Å². The zero-order valence-corrected chi connectivity index (χ0v) is 16.8. The molecule has 5 N–H and O–H groups in total. The Labute approximate surface area is 177 Å². The summed E-state index contributed by atoms with van der Waals surface area (Å²) in [6.45, 7) is 0. The molecule has 10 nitrogen and oxygen atoms in total. The number of fused-ring (bicyclic) bond motifs is 2. The molecule has 31 heavy (non-hydrogen) atoms. The van der Waals surface area contributed by atoms with Gasteiger partial charge in [-0.15, -0.1) is 0 Å². The van der Waals surface area contributed by atoms with Crippen LogP contribution in [0.15, 0.2) is 26.9 Å². The SMILES string of the molecule is OC1N/C(=C\C2C=NN3C(=NC4CC4)NC(NC4CCC(F)(F)CC4)=NC23)C2O[C@@H]2N1. The molecule has 0 aromatic heterocycles. The van der Waals surface area contributed by atoms with Crippen LogP contribution in [0.5, 0.6) is 0 Å². The highest BCUT2D eigenvalue weighted by Gasteiger charge is 2.48. The minimum Gasteiger partial charge on any atom is -0.361 e. The summed E-state index contributed by atoms with van der Waals surface area (Å²) in [5.74, 6) is -1.55. The molecule has 0 amide bonds. The van der Waals surface area contributed by atoms with Gasteiger partial charge in [0.05, 0.1) is 12.0 Å². The van der Waals surface area contributed by atoms with E-state index in [2.05, 4.69) is 26.4 Å². The monoisotopic (exact) mass is 436 g/mol. The van der Waals surface area contributed by atoms with E-state index >= 15 is 0 Å². The highest BCUT2D eigenvalue weighted by molar-refractivity contribution is 6.01. The average Bonchev–Trinajstić information content (AvgIpc) is 3.64. The fourth-order valence-electron chi connectivity index (χ4n) is 4.42. The molecule has 6 aliphatic rings. The van der Waals surface area contributed by atoms with Crippen molar-refractivity contribution in [3.63, 3.8) is 0 Å². The van der Waals surface area contributed by atoms with Crippen LogP contribution < -0.4 is 21.3 Å². The number of epoxide rings is 1. The molecule has 168 valence electrons. The number of hydrogen-bond donors (Lipinski definition) is 5. The third-order valence-electron chi connectivity index (χ3n) is 6.37. The fourth-order valence-corrected chi connectivity index (χ4v) is 4.42. The summed E-state index contributed by atoms with van der Waals surface area (Å²) in [5, 5.41) is 28.6. The van der Waals surface area contributed by atoms with Crippen molar-refractivity contribution < 1.29 is 18.6 Å². The van der Waals surface area contributed by atoms with Gasteiger partial charge in [0.1, 0.15) is 12.3 Å². The van der Waals surface area contributed by atoms with Gasteiger partial charge in [0, 0.05) is 30.8 Å². The van der Waals surface area contributed by atoms with E-state index in [9.17, 15) is 13.9 Å². The maximum absolute atomic E-state index is 13.5. The lowest BCUT2D eigenvalue weighted by atomic mass is 9.92. The quantitative estimate of drug-likeness (QED) is 0.394. The van der Waals surface area contributed by atoms with Gasteiger partial charge in [0.2, 0.25) is 17.8 Å². The average molecular weight is 436 g/mol. The van der Waals surface area contributed by atoms with E-state index in [0.717, 1.165) is 18.5 Å². The number of halogens is 2. The summed E-state index contributed by atoms with van der Waals surface area (Å²) in [4.78, 5) is 9.53. The lowest BCUT2D eigenvalue weighted by Gasteiger charge is -2.34. The number of ether oxygens (including phenoxy) is 1. The minimum atomic E-state index is -2.57. The Morgan fingerprint density at radius 2 is 2.10 bits per heavy atom. The number of aliphatic imine (C=N–C) groups is 2. The smallest absolute Gasteiger partial charge is 0.248 e. The molecular formula is C19H26F2N8O2. The van der Waals surface area contributed by atoms with Gasteiger partial charge in [0.25, 0.3) is 0 Å². The summed E-state index contributed by atoms with van der Waals surface area (Å²) in [6, 6.07) is 0.228. The highest BCUT2D eigenvalue weighted by atomic mass is 19.3. The van der Waals surface area contributed by atoms with E-state index < -0.39 is 12.3 Å². The number of nitrogens with one attached hydrogen (secondary N) is 4. The molecule has 0 spiro atoms. The first-order valence-electron chi connectivity index (χ1n) is 10.9. The van der Waals surface area contributed by atoms with Crippen molar-refractivity contribution in [1.29, 1.82) is 0 Å². The van der Waals surface area contributed by atoms with Crippen LogP contribution in [0.1, 0.15) is 38.5 Å². The molecular weight excluding hydrogens is 410 g/mol. The Morgan fingerprint density at radius 3 is 2.87 bits per heavy atom. The molecule has 4 heterocycles. The molecule has 2 aliphatic carbocycles. The van der Waals surface area contributed by atoms with E-state index in [1.165, 1.54) is 0 Å². The second-order valence-electron chi connectivity index (χ2n) is 8.97. The van der Waals surface area contributed by atoms with E-state index in [1.54, 1.807) is 5.01 Å². The van der Waals surface area contributed by atoms with Crippen LogP contribution in [0, 0.1) is 5.92 Å². The summed E-state index contributed by atoms with van der Waals surface area (Å²) in [6.07, 6.45) is 4.96. The molecule has 6 rings (SSSR count). The number of aliphatic hydroxyl groups excluding tert-OH is 1. The van der Waals surface area contributed by atoms with Gasteiger partial charge in [-0.2, -0.15) is 5.10 Å². The van der Waals surface area contributed by atoms with Crippen LogP contribution in [0.2, 0.25) is 0 Å². The predicted octanol–water partition coefficient (Wildman–Crippen LogP) is -0.0473. The minimum absolute atomic E-state index is 0.0550. The molecule has 4 fully saturated rings. The van der Waals surface area contributed by atoms with Gasteiger partial charge in [-0.25, -0.2) is 29.1 Å². The third kappa shape index (κ3) is 3.99. The van der Waals surface area contributed by atoms with E-state index in [1.807, 2.05) is 12.3 Å². The Kier molecular flexibility index (Phi) is 4.44. The van der Waals surface area contributed by atoms with Crippen LogP contribution in [-0.4, -0.2) is 71.1 Å². The number of rotatable bonds is 3. The van der Waals surface area contributed by atoms with Crippen molar-refractivity contribution in [1.82, 2.24) is 26.3 Å². The first kappa shape index (κ1) is 19.4. The van der Waals surface area contributed by atoms with Crippen LogP contribution in [0.4, 0.5) is 8.78 Å². The molecule has 12 heteroatoms. The number of hydrazone groups is 1. The van der Waals surface area contributed by atoms with E-state index in [-0.39, 0.29) is 49.3 Å². The Morgan fingerprint density at radius 1 is 1.29 bits per heavy atom. The van der Waals surface area contributed by atoms with Gasteiger partial charge in [-0.3, -0.25) is 5.32 Å². The van der Waals surface area contributed by atoms with Gasteiger partial charge in [0.15, 0.2) is 12.5 Å². The number of guanidine groups is 2. The molecule has 2 saturated carbocycles. The number of nitrogens with zero attached hydrogens (tertiary/aromatic N) is 4. The molecule has 2 saturated heterocycles. The Balaban J connectivity index is 1.22. The lowest BCUT2D eigenvalue weighted by molar-refractivity contribution is -0.0391. The van der Waals surface area contributed by atoms with Crippen LogP contribution in [0.25, 0.3) is 0 Å². The highest BCUT2D eigenvalue weighted by Crippen LogP contribution is 2.34. The number of alkyl halides is 2. The maximum Gasteiger partial charge on any atom is 0.248 e. The zero-order chi connectivity index (χ0) is 21.2. The van der Waals surface area contributed by atoms with Gasteiger partial charge < -0.3 is 20.5 Å². The lowest BCUT2D eigenvalue weighted by Crippen LogP contribution is -2.57. The van der Waals surface area contributed by atoms with Crippen molar-refractivity contribution in [2.45, 2.75) is 81.4 Å². The molecule has 0 radical (unpaired) electrons. The largest absolute Gasteiger partial charge is 0.361 e. The predicted molar refractivity (Wildman–Crippen MR) is 108 cm³/mol. The molecule has 0 bridgehead atoms. The number of hydrogen-bond acceptors (Lipinski definition) is 8. The fraction of sp³-hybridized carbons (Fsp3) is 0.737. The molecule has 5 atom stereocenters. The van der Waals surface area contributed by atoms with Crippen LogP contribution in [0.3, 0.4) is 0 Å². The third-order valence-corrected chi connectivity index (χ3v) is 6.37. The van der Waals surface area contributed by atoms with E-state index in [4.69, 9.17) is 14.7 Å². The van der Waals surface area contributed by atoms with E-state index in [0.29, 0.717) is 24.8 Å². The van der Waals surface area contributed by atoms with Gasteiger partial charge in [-0.1, -0.05) is 0 Å². The second-order valence-corrected chi connectivity index (χ2v) is 8.97. The second kappa shape index (κ2) is 7.10. The van der Waals surface area contributed by atoms with Crippen molar-refractivity contribution in [2.24, 2.45) is 21.0 Å². The summed E-state index contributed by atoms with van der Waals surface area (Å²) >= 11 is 0. The maximum atomic E-state index is 13.5. The van der Waals surface area contributed by atoms with Crippen molar-refractivity contribution in [3.05, 3.63) is 11.8 Å². The normalized spacial score (nSPS) is 41.3. The molecule has 0 aromatic rings. The molecule has 4 aliphatic heterocycles. The first-order chi connectivity index (χ1) is 14.9. The first-order valence-corrected chi connectivity index (χ1v) is 10.9. The van der Waals surface area contributed by atoms with Crippen LogP contribution in [-0.2, 0) is 4.74 Å². The van der Waals surface area contributed by atoms with Gasteiger partial charge in [-0.05, 0) is 31.8 Å². The summed E-state index contributed by atoms with van der Waals surface area (Å²) in [5.41, 5.74) is 0.799. The summed E-state index contributed by atoms with van der Waals surface area (Å²) < 4.78 is 32.6. The Bertz CT molecular complexity index is 863. The van der Waals surface area contributed by atoms with Crippen molar-refractivity contribution >= 4 is 18.1 Å². The van der Waals surface area contributed by atoms with Crippen molar-refractivity contribution in [3.8, 4) is 0 Å². The zero-order valence-electron chi connectivity index (χ0n) is 16.8. The van der Waals surface area contributed by atoms with Gasteiger partial charge >= 0.3 is 0 Å². The Hall–Kier alpha value is -2.31. The van der Waals surface area contributed by atoms with Crippen molar-refractivity contribution in [2.75, 3.05) is 0 Å².